The van der Waals surface area contributed by atoms with Crippen molar-refractivity contribution in [2.24, 2.45) is 0 Å². The second-order valence-electron chi connectivity index (χ2n) is 5.98. The van der Waals surface area contributed by atoms with Crippen LogP contribution in [0.1, 0.15) is 21.6 Å². The Labute approximate surface area is 159 Å². The molecule has 1 aromatic heterocycles. The van der Waals surface area contributed by atoms with E-state index < -0.39 is 10.9 Å². The van der Waals surface area contributed by atoms with Crippen molar-refractivity contribution in [3.8, 4) is 10.6 Å². The minimum absolute atomic E-state index is 0.122. The zero-order chi connectivity index (χ0) is 19.4. The average molecular weight is 383 g/mol. The second kappa shape index (κ2) is 7.96. The number of rotatable bonds is 7. The van der Waals surface area contributed by atoms with Crippen molar-refractivity contribution in [3.63, 3.8) is 0 Å². The van der Waals surface area contributed by atoms with E-state index in [9.17, 15) is 20.0 Å². The molecular formula is C19H17N3O4S. The average Bonchev–Trinajstić information content (AvgIpc) is 3.11. The number of non-ortho nitro benzene ring substituents is 1. The summed E-state index contributed by atoms with van der Waals surface area (Å²) in [5.74, 6) is -1.21. The fraction of sp³-hybridized carbons (Fsp3) is 0.158. The highest BCUT2D eigenvalue weighted by atomic mass is 32.1. The van der Waals surface area contributed by atoms with Gasteiger partial charge < -0.3 is 10.4 Å². The number of carboxylic acid groups (broad SMARTS) is 1. The number of nitrogens with one attached hydrogen (secondary N) is 1. The first-order valence-electron chi connectivity index (χ1n) is 8.21. The van der Waals surface area contributed by atoms with Gasteiger partial charge in [-0.05, 0) is 13.0 Å². The van der Waals surface area contributed by atoms with Gasteiger partial charge in [-0.2, -0.15) is 0 Å². The molecular weight excluding hydrogens is 366 g/mol. The third kappa shape index (κ3) is 4.48. The van der Waals surface area contributed by atoms with Gasteiger partial charge in [0.15, 0.2) is 0 Å². The first-order chi connectivity index (χ1) is 12.9. The van der Waals surface area contributed by atoms with E-state index in [0.717, 1.165) is 22.3 Å². The first kappa shape index (κ1) is 18.5. The van der Waals surface area contributed by atoms with Crippen LogP contribution in [0.25, 0.3) is 10.6 Å². The standard InChI is InChI=1S/C19H17N3O4S/c1-12-2-4-13(5-3-12)18-21-14(11-27-18)8-9-20-17-7-6-15(22(25)26)10-16(17)19(23)24/h2-7,10-11,20H,8-9H2,1H3,(H,23,24). The molecule has 0 saturated carbocycles. The summed E-state index contributed by atoms with van der Waals surface area (Å²) in [4.78, 5) is 26.1. The predicted molar refractivity (Wildman–Crippen MR) is 105 cm³/mol. The van der Waals surface area contributed by atoms with Gasteiger partial charge in [0.1, 0.15) is 5.01 Å². The number of anilines is 1. The summed E-state index contributed by atoms with van der Waals surface area (Å²) in [5.41, 5.74) is 3.14. The Bertz CT molecular complexity index is 983. The molecule has 0 atom stereocenters. The number of nitro benzene ring substituents is 1. The summed E-state index contributed by atoms with van der Waals surface area (Å²) in [6.45, 7) is 2.50. The van der Waals surface area contributed by atoms with E-state index in [1.165, 1.54) is 17.7 Å². The van der Waals surface area contributed by atoms with E-state index in [0.29, 0.717) is 18.7 Å². The monoisotopic (exact) mass is 383 g/mol. The number of aromatic nitrogens is 1. The summed E-state index contributed by atoms with van der Waals surface area (Å²) in [6, 6.07) is 11.9. The van der Waals surface area contributed by atoms with Gasteiger partial charge in [-0.25, -0.2) is 9.78 Å². The summed E-state index contributed by atoms with van der Waals surface area (Å²) in [7, 11) is 0. The van der Waals surface area contributed by atoms with Crippen molar-refractivity contribution in [1.82, 2.24) is 4.98 Å². The lowest BCUT2D eigenvalue weighted by Gasteiger charge is -2.08. The number of aryl methyl sites for hydroxylation is 1. The van der Waals surface area contributed by atoms with Crippen molar-refractivity contribution in [1.29, 1.82) is 0 Å². The van der Waals surface area contributed by atoms with E-state index in [-0.39, 0.29) is 11.3 Å². The predicted octanol–water partition coefficient (Wildman–Crippen LogP) is 4.38. The van der Waals surface area contributed by atoms with Crippen molar-refractivity contribution in [2.45, 2.75) is 13.3 Å². The normalized spacial score (nSPS) is 10.6. The zero-order valence-corrected chi connectivity index (χ0v) is 15.3. The number of nitrogens with zero attached hydrogens (tertiary/aromatic N) is 2. The van der Waals surface area contributed by atoms with Gasteiger partial charge >= 0.3 is 5.97 Å². The maximum absolute atomic E-state index is 11.3. The highest BCUT2D eigenvalue weighted by Gasteiger charge is 2.16. The molecule has 0 unspecified atom stereocenters. The Morgan fingerprint density at radius 3 is 2.67 bits per heavy atom. The Morgan fingerprint density at radius 2 is 2.00 bits per heavy atom. The molecule has 138 valence electrons. The van der Waals surface area contributed by atoms with Crippen molar-refractivity contribution in [2.75, 3.05) is 11.9 Å². The van der Waals surface area contributed by atoms with Gasteiger partial charge in [-0.15, -0.1) is 11.3 Å². The Hall–Kier alpha value is -3.26. The minimum atomic E-state index is -1.21. The quantitative estimate of drug-likeness (QED) is 0.463. The molecule has 0 fully saturated rings. The van der Waals surface area contributed by atoms with Gasteiger partial charge in [0.2, 0.25) is 0 Å². The van der Waals surface area contributed by atoms with Crippen molar-refractivity contribution >= 4 is 28.7 Å². The maximum atomic E-state index is 11.3. The van der Waals surface area contributed by atoms with Crippen molar-refractivity contribution in [3.05, 3.63) is 74.8 Å². The number of hydrogen-bond donors (Lipinski definition) is 2. The van der Waals surface area contributed by atoms with Gasteiger partial charge in [-0.1, -0.05) is 29.8 Å². The molecule has 0 amide bonds. The molecule has 0 aliphatic rings. The zero-order valence-electron chi connectivity index (χ0n) is 14.5. The molecule has 27 heavy (non-hydrogen) atoms. The number of carboxylic acids is 1. The largest absolute Gasteiger partial charge is 0.478 e. The molecule has 0 aliphatic heterocycles. The topological polar surface area (TPSA) is 105 Å². The molecule has 3 rings (SSSR count). The fourth-order valence-corrected chi connectivity index (χ4v) is 3.41. The van der Waals surface area contributed by atoms with Crippen LogP contribution in [0.2, 0.25) is 0 Å². The van der Waals surface area contributed by atoms with Crippen molar-refractivity contribution < 1.29 is 14.8 Å². The number of benzene rings is 2. The van der Waals surface area contributed by atoms with Crippen LogP contribution in [0.3, 0.4) is 0 Å². The van der Waals surface area contributed by atoms with E-state index >= 15 is 0 Å². The molecule has 8 heteroatoms. The minimum Gasteiger partial charge on any atom is -0.478 e. The molecule has 0 spiro atoms. The molecule has 1 heterocycles. The van der Waals surface area contributed by atoms with Gasteiger partial charge in [-0.3, -0.25) is 10.1 Å². The van der Waals surface area contributed by atoms with Crippen LogP contribution < -0.4 is 5.32 Å². The van der Waals surface area contributed by atoms with E-state index in [4.69, 9.17) is 0 Å². The summed E-state index contributed by atoms with van der Waals surface area (Å²) >= 11 is 1.56. The van der Waals surface area contributed by atoms with Gasteiger partial charge in [0.25, 0.3) is 5.69 Å². The third-order valence-corrected chi connectivity index (χ3v) is 4.93. The summed E-state index contributed by atoms with van der Waals surface area (Å²) in [5, 5.41) is 26.0. The lowest BCUT2D eigenvalue weighted by atomic mass is 10.1. The fourth-order valence-electron chi connectivity index (χ4n) is 2.55. The van der Waals surface area contributed by atoms with Gasteiger partial charge in [0.05, 0.1) is 16.2 Å². The third-order valence-electron chi connectivity index (χ3n) is 3.99. The maximum Gasteiger partial charge on any atom is 0.338 e. The Morgan fingerprint density at radius 1 is 1.26 bits per heavy atom. The van der Waals surface area contributed by atoms with E-state index in [1.807, 2.05) is 36.6 Å². The summed E-state index contributed by atoms with van der Waals surface area (Å²) < 4.78 is 0. The van der Waals surface area contributed by atoms with E-state index in [1.54, 1.807) is 11.3 Å². The SMILES string of the molecule is Cc1ccc(-c2nc(CCNc3ccc([N+](=O)[O-])cc3C(=O)O)cs2)cc1. The Kier molecular flexibility index (Phi) is 5.46. The number of carbonyl (C=O) groups is 1. The smallest absolute Gasteiger partial charge is 0.338 e. The number of hydrogen-bond acceptors (Lipinski definition) is 6. The van der Waals surface area contributed by atoms with Crippen LogP contribution >= 0.6 is 11.3 Å². The summed E-state index contributed by atoms with van der Waals surface area (Å²) in [6.07, 6.45) is 0.610. The molecule has 0 saturated heterocycles. The Balaban J connectivity index is 1.66. The van der Waals surface area contributed by atoms with Crippen LogP contribution in [0.4, 0.5) is 11.4 Å². The van der Waals surface area contributed by atoms with Crippen LogP contribution in [0.5, 0.6) is 0 Å². The molecule has 0 radical (unpaired) electrons. The molecule has 3 aromatic rings. The molecule has 0 bridgehead atoms. The number of thiazole rings is 1. The van der Waals surface area contributed by atoms with Gasteiger partial charge in [0, 0.05) is 41.7 Å². The molecule has 7 nitrogen and oxygen atoms in total. The molecule has 2 N–H and O–H groups in total. The van der Waals surface area contributed by atoms with E-state index in [2.05, 4.69) is 10.3 Å². The highest BCUT2D eigenvalue weighted by Crippen LogP contribution is 2.25. The lowest BCUT2D eigenvalue weighted by Crippen LogP contribution is -2.10. The van der Waals surface area contributed by atoms with Crippen LogP contribution in [-0.2, 0) is 6.42 Å². The van der Waals surface area contributed by atoms with Crippen LogP contribution in [0, 0.1) is 17.0 Å². The molecule has 2 aromatic carbocycles. The molecule has 0 aliphatic carbocycles. The van der Waals surface area contributed by atoms with Crippen LogP contribution in [-0.4, -0.2) is 27.5 Å². The second-order valence-corrected chi connectivity index (χ2v) is 6.84. The highest BCUT2D eigenvalue weighted by molar-refractivity contribution is 7.13. The number of aromatic carboxylic acids is 1. The van der Waals surface area contributed by atoms with Crippen LogP contribution in [0.15, 0.2) is 47.8 Å². The number of nitro groups is 1. The lowest BCUT2D eigenvalue weighted by molar-refractivity contribution is -0.384. The first-order valence-corrected chi connectivity index (χ1v) is 9.09.